The number of nitrogens with one attached hydrogen (secondary N) is 1. The number of likely N-dealkylation sites (tertiary alicyclic amines) is 1. The van der Waals surface area contributed by atoms with Crippen molar-refractivity contribution < 1.29 is 14.6 Å². The number of aliphatic hydroxyl groups is 1. The summed E-state index contributed by atoms with van der Waals surface area (Å²) >= 11 is 0. The van der Waals surface area contributed by atoms with Crippen LogP contribution in [0.3, 0.4) is 0 Å². The third-order valence-electron chi connectivity index (χ3n) is 7.72. The Bertz CT molecular complexity index is 1320. The molecule has 1 saturated heterocycles. The predicted molar refractivity (Wildman–Crippen MR) is 146 cm³/mol. The minimum atomic E-state index is -1.67. The van der Waals surface area contributed by atoms with Crippen LogP contribution in [0.1, 0.15) is 24.8 Å². The largest absolute Gasteiger partial charge is 0.463 e. The van der Waals surface area contributed by atoms with E-state index >= 15 is 0 Å². The number of amidine groups is 1. The van der Waals surface area contributed by atoms with Crippen molar-refractivity contribution in [2.45, 2.75) is 37.8 Å². The summed E-state index contributed by atoms with van der Waals surface area (Å²) < 4.78 is 12.3. The van der Waals surface area contributed by atoms with Gasteiger partial charge in [0.1, 0.15) is 6.61 Å². The molecule has 0 aromatic heterocycles. The average Bonchev–Trinajstić information content (AvgIpc) is 3.35. The first-order valence-electron chi connectivity index (χ1n) is 13.1. The second-order valence-electron chi connectivity index (χ2n) is 10.1. The lowest BCUT2D eigenvalue weighted by Crippen LogP contribution is -2.57. The molecule has 7 heteroatoms. The molecule has 2 atom stereocenters. The van der Waals surface area contributed by atoms with E-state index in [0.29, 0.717) is 31.6 Å². The number of hydrogen-bond acceptors (Lipinski definition) is 7. The topological polar surface area (TPSA) is 69.6 Å². The molecular formula is C30H34N4O3. The molecular weight excluding hydrogens is 464 g/mol. The Balaban J connectivity index is 1.28. The number of likely N-dealkylation sites (N-methyl/N-ethyl adjacent to an activating group) is 1. The summed E-state index contributed by atoms with van der Waals surface area (Å²) in [6, 6.07) is 25.4. The fourth-order valence-electron chi connectivity index (χ4n) is 5.59. The zero-order valence-corrected chi connectivity index (χ0v) is 21.3. The molecule has 3 aromatic carbocycles. The van der Waals surface area contributed by atoms with Gasteiger partial charge in [0.25, 0.3) is 11.9 Å². The number of fused-ring (bicyclic) bond motifs is 1. The number of hydrogen-bond donors (Lipinski definition) is 2. The van der Waals surface area contributed by atoms with Crippen LogP contribution < -0.4 is 10.2 Å². The first kappa shape index (κ1) is 24.0. The van der Waals surface area contributed by atoms with Crippen molar-refractivity contribution >= 4 is 22.5 Å². The highest BCUT2D eigenvalue weighted by atomic mass is 16.6. The van der Waals surface area contributed by atoms with Crippen molar-refractivity contribution in [3.05, 3.63) is 89.6 Å². The molecule has 2 N–H and O–H groups in total. The standard InChI is InChI=1S/C30H34N4O3/c1-33-17-8-13-24(33)21-36-29-31-27-19-34(28-15-7-12-23-11-5-6-14-25(23)28)18-16-26(27)30(35,32-29)37-20-22-9-3-2-4-10-22/h2-7,9-12,14-15,24,35H,8,13,16-21H2,1H3,(H,31,32)/t24-,30?/m0/s1. The van der Waals surface area contributed by atoms with Gasteiger partial charge in [0.15, 0.2) is 0 Å². The molecule has 0 aliphatic carbocycles. The number of anilines is 1. The first-order chi connectivity index (χ1) is 18.1. The maximum atomic E-state index is 11.8. The number of benzene rings is 3. The van der Waals surface area contributed by atoms with E-state index in [1.54, 1.807) is 0 Å². The predicted octanol–water partition coefficient (Wildman–Crippen LogP) is 4.24. The molecule has 0 radical (unpaired) electrons. The Labute approximate surface area is 218 Å². The molecule has 3 aliphatic heterocycles. The van der Waals surface area contributed by atoms with Gasteiger partial charge in [-0.25, -0.2) is 4.99 Å². The van der Waals surface area contributed by atoms with E-state index in [0.717, 1.165) is 36.3 Å². The minimum absolute atomic E-state index is 0.271. The normalized spacial score (nSPS) is 24.1. The van der Waals surface area contributed by atoms with Crippen LogP contribution in [0.2, 0.25) is 0 Å². The molecule has 7 nitrogen and oxygen atoms in total. The van der Waals surface area contributed by atoms with E-state index in [2.05, 4.69) is 64.6 Å². The Hall–Kier alpha value is -3.39. The zero-order valence-electron chi connectivity index (χ0n) is 21.3. The van der Waals surface area contributed by atoms with E-state index in [-0.39, 0.29) is 6.61 Å². The maximum absolute atomic E-state index is 11.8. The van der Waals surface area contributed by atoms with Gasteiger partial charge in [-0.2, -0.15) is 0 Å². The van der Waals surface area contributed by atoms with Gasteiger partial charge in [-0.15, -0.1) is 0 Å². The average molecular weight is 499 g/mol. The lowest BCUT2D eigenvalue weighted by atomic mass is 9.98. The van der Waals surface area contributed by atoms with Crippen LogP contribution in [0.4, 0.5) is 5.69 Å². The van der Waals surface area contributed by atoms with E-state index in [9.17, 15) is 5.11 Å². The van der Waals surface area contributed by atoms with E-state index < -0.39 is 5.91 Å². The van der Waals surface area contributed by atoms with Gasteiger partial charge >= 0.3 is 0 Å². The fraction of sp³-hybridized carbons (Fsp3) is 0.367. The molecule has 192 valence electrons. The quantitative estimate of drug-likeness (QED) is 0.496. The van der Waals surface area contributed by atoms with Crippen LogP contribution in [0, 0.1) is 0 Å². The van der Waals surface area contributed by atoms with Crippen molar-refractivity contribution in [1.29, 1.82) is 0 Å². The Kier molecular flexibility index (Phi) is 6.59. The molecule has 1 fully saturated rings. The highest BCUT2D eigenvalue weighted by Crippen LogP contribution is 2.36. The molecule has 6 rings (SSSR count). The molecule has 0 bridgehead atoms. The summed E-state index contributed by atoms with van der Waals surface area (Å²) in [5, 5.41) is 17.3. The number of aliphatic imine (C=N–C) groups is 1. The zero-order chi connectivity index (χ0) is 25.2. The van der Waals surface area contributed by atoms with Crippen molar-refractivity contribution in [3.8, 4) is 0 Å². The van der Waals surface area contributed by atoms with E-state index in [4.69, 9.17) is 14.5 Å². The van der Waals surface area contributed by atoms with Gasteiger partial charge < -0.3 is 24.4 Å². The van der Waals surface area contributed by atoms with Gasteiger partial charge in [0, 0.05) is 29.2 Å². The van der Waals surface area contributed by atoms with Gasteiger partial charge in [0.2, 0.25) is 0 Å². The van der Waals surface area contributed by atoms with Crippen LogP contribution in [0.25, 0.3) is 10.8 Å². The minimum Gasteiger partial charge on any atom is -0.463 e. The molecule has 3 aromatic rings. The lowest BCUT2D eigenvalue weighted by molar-refractivity contribution is -0.199. The second kappa shape index (κ2) is 10.2. The summed E-state index contributed by atoms with van der Waals surface area (Å²) in [6.07, 6.45) is 2.89. The molecule has 3 heterocycles. The van der Waals surface area contributed by atoms with Gasteiger partial charge in [-0.05, 0) is 49.9 Å². The highest BCUT2D eigenvalue weighted by Gasteiger charge is 2.42. The van der Waals surface area contributed by atoms with Gasteiger partial charge in [-0.1, -0.05) is 66.7 Å². The van der Waals surface area contributed by atoms with Crippen LogP contribution >= 0.6 is 0 Å². The number of ether oxygens (including phenoxy) is 2. The SMILES string of the molecule is CN1CCC[C@H]1COC1=NC2=C(CCN(c3cccc4ccccc34)C2)C(O)(OCc2ccccc2)N1. The second-order valence-corrected chi connectivity index (χ2v) is 10.1. The van der Waals surface area contributed by atoms with Crippen molar-refractivity contribution in [1.82, 2.24) is 10.2 Å². The van der Waals surface area contributed by atoms with E-state index in [1.807, 2.05) is 30.3 Å². The summed E-state index contributed by atoms with van der Waals surface area (Å²) in [7, 11) is 2.13. The molecule has 3 aliphatic rings. The highest BCUT2D eigenvalue weighted by molar-refractivity contribution is 5.94. The van der Waals surface area contributed by atoms with Crippen LogP contribution in [0.5, 0.6) is 0 Å². The number of rotatable bonds is 6. The molecule has 0 saturated carbocycles. The first-order valence-corrected chi connectivity index (χ1v) is 13.1. The summed E-state index contributed by atoms with van der Waals surface area (Å²) in [6.45, 7) is 3.19. The molecule has 0 amide bonds. The van der Waals surface area contributed by atoms with Crippen LogP contribution in [0.15, 0.2) is 89.1 Å². The maximum Gasteiger partial charge on any atom is 0.294 e. The molecule has 37 heavy (non-hydrogen) atoms. The monoisotopic (exact) mass is 498 g/mol. The van der Waals surface area contributed by atoms with Gasteiger partial charge in [0.05, 0.1) is 18.8 Å². The smallest absolute Gasteiger partial charge is 0.294 e. The summed E-state index contributed by atoms with van der Waals surface area (Å²) in [5.41, 5.74) is 3.72. The lowest BCUT2D eigenvalue weighted by Gasteiger charge is -2.41. The third-order valence-corrected chi connectivity index (χ3v) is 7.72. The summed E-state index contributed by atoms with van der Waals surface area (Å²) in [4.78, 5) is 9.50. The van der Waals surface area contributed by atoms with Gasteiger partial charge in [-0.3, -0.25) is 5.32 Å². The van der Waals surface area contributed by atoms with Crippen molar-refractivity contribution in [2.24, 2.45) is 4.99 Å². The Morgan fingerprint density at radius 3 is 2.68 bits per heavy atom. The number of nitrogens with zero attached hydrogens (tertiary/aromatic N) is 3. The molecule has 0 spiro atoms. The summed E-state index contributed by atoms with van der Waals surface area (Å²) in [5.74, 6) is -1.67. The molecule has 1 unspecified atom stereocenters. The Morgan fingerprint density at radius 1 is 1.03 bits per heavy atom. The van der Waals surface area contributed by atoms with Crippen LogP contribution in [-0.2, 0) is 16.1 Å². The van der Waals surface area contributed by atoms with Crippen molar-refractivity contribution in [3.63, 3.8) is 0 Å². The third kappa shape index (κ3) is 4.94. The van der Waals surface area contributed by atoms with E-state index in [1.165, 1.54) is 22.9 Å². The Morgan fingerprint density at radius 2 is 1.84 bits per heavy atom. The fourth-order valence-corrected chi connectivity index (χ4v) is 5.59. The van der Waals surface area contributed by atoms with Crippen molar-refractivity contribution in [2.75, 3.05) is 38.2 Å². The van der Waals surface area contributed by atoms with Crippen LogP contribution in [-0.4, -0.2) is 61.3 Å².